The molecule has 7 heteroatoms. The van der Waals surface area contributed by atoms with Crippen LogP contribution in [0.2, 0.25) is 0 Å². The molecule has 0 radical (unpaired) electrons. The van der Waals surface area contributed by atoms with Gasteiger partial charge in [-0.3, -0.25) is 0 Å². The normalized spacial score (nSPS) is 14.2. The van der Waals surface area contributed by atoms with Gasteiger partial charge < -0.3 is 9.84 Å². The minimum Gasteiger partial charge on any atom is -0.488 e. The van der Waals surface area contributed by atoms with Gasteiger partial charge in [0.25, 0.3) is 10.0 Å². The zero-order valence-electron chi connectivity index (χ0n) is 15.5. The number of carboxylic acids is 1. The van der Waals surface area contributed by atoms with E-state index < -0.39 is 16.0 Å². The molecule has 0 amide bonds. The van der Waals surface area contributed by atoms with E-state index in [0.717, 1.165) is 17.2 Å². The van der Waals surface area contributed by atoms with Crippen molar-refractivity contribution < 1.29 is 23.1 Å². The summed E-state index contributed by atoms with van der Waals surface area (Å²) in [5.41, 5.74) is 2.88. The molecule has 0 saturated carbocycles. The molecule has 0 atom stereocenters. The van der Waals surface area contributed by atoms with Gasteiger partial charge in [-0.05, 0) is 24.6 Å². The van der Waals surface area contributed by atoms with Gasteiger partial charge in [0.2, 0.25) is 0 Å². The first-order valence-electron chi connectivity index (χ1n) is 8.85. The van der Waals surface area contributed by atoms with Crippen molar-refractivity contribution in [2.75, 3.05) is 0 Å². The fourth-order valence-corrected chi connectivity index (χ4v) is 4.39. The van der Waals surface area contributed by atoms with E-state index in [2.05, 4.69) is 4.40 Å². The number of sulfonamides is 1. The molecule has 146 valence electrons. The maximum atomic E-state index is 12.7. The summed E-state index contributed by atoms with van der Waals surface area (Å²) in [6.45, 7) is 2.09. The fourth-order valence-electron chi connectivity index (χ4n) is 3.12. The predicted molar refractivity (Wildman–Crippen MR) is 108 cm³/mol. The van der Waals surface area contributed by atoms with Gasteiger partial charge in [0.1, 0.15) is 17.3 Å². The van der Waals surface area contributed by atoms with Gasteiger partial charge in [0, 0.05) is 5.56 Å². The summed E-state index contributed by atoms with van der Waals surface area (Å²) in [4.78, 5) is 11.4. The molecule has 29 heavy (non-hydrogen) atoms. The maximum Gasteiger partial charge on any atom is 0.335 e. The Labute approximate surface area is 168 Å². The number of benzene rings is 3. The SMILES string of the molecule is Cc1ccc(C2=NS(=O)(=O)c3cc(C(=O)O)cc(OCc4ccccc4)c32)cc1. The summed E-state index contributed by atoms with van der Waals surface area (Å²) in [7, 11) is -4.03. The summed E-state index contributed by atoms with van der Waals surface area (Å²) in [5, 5.41) is 9.42. The molecule has 1 aliphatic rings. The lowest BCUT2D eigenvalue weighted by molar-refractivity contribution is 0.0696. The lowest BCUT2D eigenvalue weighted by Crippen LogP contribution is -2.08. The van der Waals surface area contributed by atoms with Gasteiger partial charge in [-0.2, -0.15) is 12.8 Å². The Kier molecular flexibility index (Phi) is 4.68. The number of carbonyl (C=O) groups is 1. The summed E-state index contributed by atoms with van der Waals surface area (Å²) < 4.78 is 35.1. The van der Waals surface area contributed by atoms with Crippen LogP contribution in [0.25, 0.3) is 0 Å². The Morgan fingerprint density at radius 1 is 1.03 bits per heavy atom. The average Bonchev–Trinajstić information content (AvgIpc) is 2.98. The van der Waals surface area contributed by atoms with Crippen molar-refractivity contribution in [3.63, 3.8) is 0 Å². The molecule has 3 aromatic carbocycles. The molecular formula is C22H17NO5S. The van der Waals surface area contributed by atoms with Gasteiger partial charge in [0.05, 0.1) is 16.8 Å². The van der Waals surface area contributed by atoms with E-state index in [-0.39, 0.29) is 34.1 Å². The van der Waals surface area contributed by atoms with Crippen LogP contribution in [0.15, 0.2) is 76.0 Å². The molecule has 0 aliphatic carbocycles. The topological polar surface area (TPSA) is 93.0 Å². The highest BCUT2D eigenvalue weighted by Gasteiger charge is 2.34. The van der Waals surface area contributed by atoms with Gasteiger partial charge in [0.15, 0.2) is 0 Å². The third-order valence-electron chi connectivity index (χ3n) is 4.60. The predicted octanol–water partition coefficient (Wildman–Crippen LogP) is 3.81. The van der Waals surface area contributed by atoms with E-state index in [4.69, 9.17) is 4.74 Å². The molecule has 1 aliphatic heterocycles. The quantitative estimate of drug-likeness (QED) is 0.694. The Morgan fingerprint density at radius 3 is 2.38 bits per heavy atom. The van der Waals surface area contributed by atoms with Gasteiger partial charge in [-0.25, -0.2) is 4.79 Å². The van der Waals surface area contributed by atoms with E-state index in [1.165, 1.54) is 6.07 Å². The zero-order chi connectivity index (χ0) is 20.6. The van der Waals surface area contributed by atoms with Crippen molar-refractivity contribution in [3.8, 4) is 5.75 Å². The Bertz CT molecular complexity index is 1230. The number of carboxylic acid groups (broad SMARTS) is 1. The second-order valence-electron chi connectivity index (χ2n) is 6.71. The van der Waals surface area contributed by atoms with Crippen LogP contribution < -0.4 is 4.74 Å². The van der Waals surface area contributed by atoms with Gasteiger partial charge >= 0.3 is 5.97 Å². The van der Waals surface area contributed by atoms with Crippen molar-refractivity contribution in [3.05, 3.63) is 94.5 Å². The maximum absolute atomic E-state index is 12.7. The monoisotopic (exact) mass is 407 g/mol. The van der Waals surface area contributed by atoms with E-state index >= 15 is 0 Å². The second kappa shape index (κ2) is 7.18. The molecule has 6 nitrogen and oxygen atoms in total. The number of hydrogen-bond acceptors (Lipinski definition) is 4. The first-order chi connectivity index (χ1) is 13.8. The van der Waals surface area contributed by atoms with Crippen LogP contribution in [0.5, 0.6) is 5.75 Å². The van der Waals surface area contributed by atoms with Crippen LogP contribution in [-0.2, 0) is 16.6 Å². The molecule has 0 spiro atoms. The summed E-state index contributed by atoms with van der Waals surface area (Å²) >= 11 is 0. The van der Waals surface area contributed by atoms with Gasteiger partial charge in [-0.1, -0.05) is 60.2 Å². The van der Waals surface area contributed by atoms with Crippen molar-refractivity contribution in [2.45, 2.75) is 18.4 Å². The molecule has 0 fully saturated rings. The average molecular weight is 407 g/mol. The van der Waals surface area contributed by atoms with Crippen LogP contribution in [0.4, 0.5) is 0 Å². The number of nitrogens with zero attached hydrogens (tertiary/aromatic N) is 1. The van der Waals surface area contributed by atoms with Crippen molar-refractivity contribution >= 4 is 21.7 Å². The molecule has 1 heterocycles. The number of rotatable bonds is 5. The third kappa shape index (κ3) is 3.64. The van der Waals surface area contributed by atoms with Crippen LogP contribution in [0.1, 0.15) is 32.6 Å². The summed E-state index contributed by atoms with van der Waals surface area (Å²) in [5.74, 6) is -1.07. The molecular weight excluding hydrogens is 390 g/mol. The largest absolute Gasteiger partial charge is 0.488 e. The highest BCUT2D eigenvalue weighted by molar-refractivity contribution is 7.90. The second-order valence-corrected chi connectivity index (χ2v) is 8.28. The van der Waals surface area contributed by atoms with Crippen LogP contribution in [0.3, 0.4) is 0 Å². The highest BCUT2D eigenvalue weighted by Crippen LogP contribution is 2.37. The number of hydrogen-bond donors (Lipinski definition) is 1. The first kappa shape index (κ1) is 18.9. The lowest BCUT2D eigenvalue weighted by atomic mass is 9.99. The van der Waals surface area contributed by atoms with Gasteiger partial charge in [-0.15, -0.1) is 0 Å². The van der Waals surface area contributed by atoms with Crippen molar-refractivity contribution in [1.29, 1.82) is 0 Å². The standard InChI is InChI=1S/C22H17NO5S/c1-14-7-9-16(10-8-14)21-20-18(28-13-15-5-3-2-4-6-15)11-17(22(24)25)12-19(20)29(26,27)23-21/h2-12H,13H2,1H3,(H,24,25). The van der Waals surface area contributed by atoms with E-state index in [1.807, 2.05) is 49.4 Å². The highest BCUT2D eigenvalue weighted by atomic mass is 32.2. The molecule has 3 aromatic rings. The molecule has 4 rings (SSSR count). The zero-order valence-corrected chi connectivity index (χ0v) is 16.3. The lowest BCUT2D eigenvalue weighted by Gasteiger charge is -2.13. The van der Waals surface area contributed by atoms with E-state index in [0.29, 0.717) is 5.56 Å². The minimum absolute atomic E-state index is 0.156. The number of aryl methyl sites for hydroxylation is 1. The number of ether oxygens (including phenoxy) is 1. The Morgan fingerprint density at radius 2 is 1.72 bits per heavy atom. The molecule has 1 N–H and O–H groups in total. The van der Waals surface area contributed by atoms with Crippen LogP contribution in [0, 0.1) is 6.92 Å². The smallest absolute Gasteiger partial charge is 0.335 e. The Balaban J connectivity index is 1.86. The van der Waals surface area contributed by atoms with Crippen LogP contribution in [-0.4, -0.2) is 25.2 Å². The summed E-state index contributed by atoms with van der Waals surface area (Å²) in [6, 6.07) is 19.1. The fraction of sp³-hybridized carbons (Fsp3) is 0.0909. The summed E-state index contributed by atoms with van der Waals surface area (Å²) in [6.07, 6.45) is 0. The first-order valence-corrected chi connectivity index (χ1v) is 10.3. The van der Waals surface area contributed by atoms with Crippen molar-refractivity contribution in [1.82, 2.24) is 0 Å². The minimum atomic E-state index is -4.03. The van der Waals surface area contributed by atoms with E-state index in [1.54, 1.807) is 12.1 Å². The Hall–Kier alpha value is -3.45. The van der Waals surface area contributed by atoms with E-state index in [9.17, 15) is 18.3 Å². The molecule has 0 aromatic heterocycles. The number of aromatic carboxylic acids is 1. The number of fused-ring (bicyclic) bond motifs is 1. The molecule has 0 bridgehead atoms. The van der Waals surface area contributed by atoms with Crippen molar-refractivity contribution in [2.24, 2.45) is 4.40 Å². The molecule has 0 unspecified atom stereocenters. The van der Waals surface area contributed by atoms with Crippen LogP contribution >= 0.6 is 0 Å². The third-order valence-corrected chi connectivity index (χ3v) is 5.90. The molecule has 0 saturated heterocycles.